The Morgan fingerprint density at radius 1 is 1.40 bits per heavy atom. The molecule has 0 saturated carbocycles. The van der Waals surface area contributed by atoms with Crippen LogP contribution in [-0.2, 0) is 13.0 Å². The molecule has 0 atom stereocenters. The van der Waals surface area contributed by atoms with Gasteiger partial charge in [0.15, 0.2) is 0 Å². The molecule has 0 spiro atoms. The van der Waals surface area contributed by atoms with Crippen molar-refractivity contribution in [1.29, 1.82) is 0 Å². The Bertz CT molecular complexity index is 619. The topological polar surface area (TPSA) is 34.1 Å². The molecule has 3 rings (SSSR count). The molecule has 0 amide bonds. The lowest BCUT2D eigenvalue weighted by atomic mass is 10.0. The van der Waals surface area contributed by atoms with Crippen LogP contribution in [0.1, 0.15) is 32.0 Å². The molecule has 1 aromatic heterocycles. The molecule has 1 aromatic carbocycles. The molecular weight excluding hydrogens is 268 g/mol. The Kier molecular flexibility index (Phi) is 3.52. The van der Waals surface area contributed by atoms with Gasteiger partial charge in [-0.1, -0.05) is 19.1 Å². The number of hydrogen-bond donors (Lipinski definition) is 1. The van der Waals surface area contributed by atoms with Crippen molar-refractivity contribution in [1.82, 2.24) is 10.3 Å². The number of para-hydroxylation sites is 1. The van der Waals surface area contributed by atoms with Gasteiger partial charge in [0.05, 0.1) is 11.3 Å². The first kappa shape index (κ1) is 13.6. The molecule has 2 aromatic rings. The normalized spacial score (nSPS) is 15.9. The molecule has 1 aliphatic heterocycles. The third-order valence-corrected chi connectivity index (χ3v) is 4.35. The number of thiazole rings is 1. The van der Waals surface area contributed by atoms with Crippen LogP contribution in [0.25, 0.3) is 10.6 Å². The summed E-state index contributed by atoms with van der Waals surface area (Å²) in [7, 11) is 0. The van der Waals surface area contributed by atoms with Crippen LogP contribution >= 0.6 is 11.3 Å². The number of ether oxygens (including phenoxy) is 1. The summed E-state index contributed by atoms with van der Waals surface area (Å²) in [6.07, 6.45) is 0.964. The van der Waals surface area contributed by atoms with E-state index in [1.807, 2.05) is 0 Å². The van der Waals surface area contributed by atoms with Crippen molar-refractivity contribution < 1.29 is 4.74 Å². The van der Waals surface area contributed by atoms with Gasteiger partial charge in [-0.25, -0.2) is 4.98 Å². The van der Waals surface area contributed by atoms with Gasteiger partial charge in [0.2, 0.25) is 0 Å². The van der Waals surface area contributed by atoms with E-state index >= 15 is 0 Å². The molecule has 0 fully saturated rings. The second-order valence-corrected chi connectivity index (χ2v) is 6.61. The fourth-order valence-electron chi connectivity index (χ4n) is 2.55. The summed E-state index contributed by atoms with van der Waals surface area (Å²) in [4.78, 5) is 4.72. The van der Waals surface area contributed by atoms with Crippen molar-refractivity contribution >= 4 is 11.3 Å². The maximum absolute atomic E-state index is 6.12. The molecule has 20 heavy (non-hydrogen) atoms. The Morgan fingerprint density at radius 2 is 2.25 bits per heavy atom. The van der Waals surface area contributed by atoms with Gasteiger partial charge in [-0.05, 0) is 32.0 Å². The monoisotopic (exact) mass is 288 g/mol. The molecule has 1 aliphatic rings. The van der Waals surface area contributed by atoms with Gasteiger partial charge in [0, 0.05) is 18.3 Å². The zero-order valence-electron chi connectivity index (χ0n) is 12.2. The van der Waals surface area contributed by atoms with Crippen molar-refractivity contribution in [3.05, 3.63) is 34.8 Å². The first-order valence-electron chi connectivity index (χ1n) is 7.05. The first-order valence-corrected chi connectivity index (χ1v) is 7.93. The van der Waals surface area contributed by atoms with E-state index in [1.165, 1.54) is 5.56 Å². The molecular formula is C16H20N2OS. The fourth-order valence-corrected chi connectivity index (χ4v) is 3.39. The SMILES string of the molecule is CCNCc1csc(-c2cccc3c2OC(C)(C)C3)n1. The van der Waals surface area contributed by atoms with Crippen molar-refractivity contribution in [3.63, 3.8) is 0 Å². The van der Waals surface area contributed by atoms with E-state index in [4.69, 9.17) is 9.72 Å². The third kappa shape index (κ3) is 2.58. The maximum atomic E-state index is 6.12. The average molecular weight is 288 g/mol. The zero-order chi connectivity index (χ0) is 14.2. The van der Waals surface area contributed by atoms with Crippen molar-refractivity contribution in [2.75, 3.05) is 6.54 Å². The van der Waals surface area contributed by atoms with Crippen molar-refractivity contribution in [2.24, 2.45) is 0 Å². The standard InChI is InChI=1S/C16H20N2OS/c1-4-17-9-12-10-20-15(18-12)13-7-5-6-11-8-16(2,3)19-14(11)13/h5-7,10,17H,4,8-9H2,1-3H3. The lowest BCUT2D eigenvalue weighted by Crippen LogP contribution is -2.24. The summed E-state index contributed by atoms with van der Waals surface area (Å²) in [5.41, 5.74) is 3.40. The molecule has 4 heteroatoms. The zero-order valence-corrected chi connectivity index (χ0v) is 13.0. The van der Waals surface area contributed by atoms with E-state index < -0.39 is 0 Å². The largest absolute Gasteiger partial charge is 0.486 e. The molecule has 0 saturated heterocycles. The Balaban J connectivity index is 1.92. The summed E-state index contributed by atoms with van der Waals surface area (Å²) in [5, 5.41) is 6.48. The number of hydrogen-bond acceptors (Lipinski definition) is 4. The van der Waals surface area contributed by atoms with E-state index in [9.17, 15) is 0 Å². The van der Waals surface area contributed by atoms with E-state index in [0.717, 1.165) is 41.5 Å². The first-order chi connectivity index (χ1) is 9.59. The summed E-state index contributed by atoms with van der Waals surface area (Å²) in [6.45, 7) is 8.16. The Morgan fingerprint density at radius 3 is 3.05 bits per heavy atom. The summed E-state index contributed by atoms with van der Waals surface area (Å²) in [6, 6.07) is 6.36. The number of aromatic nitrogens is 1. The van der Waals surface area contributed by atoms with Gasteiger partial charge >= 0.3 is 0 Å². The smallest absolute Gasteiger partial charge is 0.133 e. The molecule has 2 heterocycles. The summed E-state index contributed by atoms with van der Waals surface area (Å²) < 4.78 is 6.12. The minimum absolute atomic E-state index is 0.109. The Labute approximate surface area is 124 Å². The van der Waals surface area contributed by atoms with Crippen LogP contribution in [0.4, 0.5) is 0 Å². The second-order valence-electron chi connectivity index (χ2n) is 5.76. The quantitative estimate of drug-likeness (QED) is 0.933. The third-order valence-electron chi connectivity index (χ3n) is 3.43. The van der Waals surface area contributed by atoms with Gasteiger partial charge in [-0.2, -0.15) is 0 Å². The predicted octanol–water partition coefficient (Wildman–Crippen LogP) is 3.63. The van der Waals surface area contributed by atoms with Crippen LogP contribution in [0.3, 0.4) is 0 Å². The van der Waals surface area contributed by atoms with Gasteiger partial charge in [-0.3, -0.25) is 0 Å². The highest BCUT2D eigenvalue weighted by Crippen LogP contribution is 2.42. The van der Waals surface area contributed by atoms with Crippen LogP contribution in [0, 0.1) is 0 Å². The van der Waals surface area contributed by atoms with E-state index in [-0.39, 0.29) is 5.60 Å². The highest BCUT2D eigenvalue weighted by molar-refractivity contribution is 7.13. The van der Waals surface area contributed by atoms with Crippen molar-refractivity contribution in [3.8, 4) is 16.3 Å². The second kappa shape index (κ2) is 5.19. The molecule has 0 unspecified atom stereocenters. The van der Waals surface area contributed by atoms with Crippen LogP contribution in [0.5, 0.6) is 5.75 Å². The van der Waals surface area contributed by atoms with Crippen LogP contribution in [-0.4, -0.2) is 17.1 Å². The molecule has 0 radical (unpaired) electrons. The van der Waals surface area contributed by atoms with Gasteiger partial charge in [0.1, 0.15) is 16.4 Å². The summed E-state index contributed by atoms with van der Waals surface area (Å²) >= 11 is 1.69. The van der Waals surface area contributed by atoms with Crippen LogP contribution in [0.2, 0.25) is 0 Å². The van der Waals surface area contributed by atoms with E-state index in [2.05, 4.69) is 49.7 Å². The van der Waals surface area contributed by atoms with Gasteiger partial charge in [0.25, 0.3) is 0 Å². The highest BCUT2D eigenvalue weighted by atomic mass is 32.1. The maximum Gasteiger partial charge on any atom is 0.133 e. The number of rotatable bonds is 4. The van der Waals surface area contributed by atoms with Gasteiger partial charge in [-0.15, -0.1) is 11.3 Å². The predicted molar refractivity (Wildman–Crippen MR) is 83.3 cm³/mol. The lowest BCUT2D eigenvalue weighted by molar-refractivity contribution is 0.139. The minimum atomic E-state index is -0.109. The number of benzene rings is 1. The van der Waals surface area contributed by atoms with Gasteiger partial charge < -0.3 is 10.1 Å². The minimum Gasteiger partial charge on any atom is -0.486 e. The molecule has 106 valence electrons. The molecule has 1 N–H and O–H groups in total. The van der Waals surface area contributed by atoms with E-state index in [0.29, 0.717) is 0 Å². The Hall–Kier alpha value is -1.39. The number of nitrogens with one attached hydrogen (secondary N) is 1. The highest BCUT2D eigenvalue weighted by Gasteiger charge is 2.32. The summed E-state index contributed by atoms with van der Waals surface area (Å²) in [5.74, 6) is 1.02. The van der Waals surface area contributed by atoms with Crippen LogP contribution < -0.4 is 10.1 Å². The number of nitrogens with zero attached hydrogens (tertiary/aromatic N) is 1. The molecule has 3 nitrogen and oxygen atoms in total. The fraction of sp³-hybridized carbons (Fsp3) is 0.438. The van der Waals surface area contributed by atoms with Crippen LogP contribution in [0.15, 0.2) is 23.6 Å². The molecule has 0 aliphatic carbocycles. The average Bonchev–Trinajstić information content (AvgIpc) is 2.97. The van der Waals surface area contributed by atoms with E-state index in [1.54, 1.807) is 11.3 Å². The lowest BCUT2D eigenvalue weighted by Gasteiger charge is -2.17. The number of fused-ring (bicyclic) bond motifs is 1. The van der Waals surface area contributed by atoms with Crippen molar-refractivity contribution in [2.45, 2.75) is 39.3 Å². The molecule has 0 bridgehead atoms.